The molecule has 1 fully saturated rings. The van der Waals surface area contributed by atoms with Crippen LogP contribution in [0, 0.1) is 0 Å². The van der Waals surface area contributed by atoms with Crippen LogP contribution in [-0.2, 0) is 16.1 Å². The quantitative estimate of drug-likeness (QED) is 0.287. The summed E-state index contributed by atoms with van der Waals surface area (Å²) >= 11 is 10.9. The lowest BCUT2D eigenvalue weighted by Crippen LogP contribution is -2.28. The molecule has 0 radical (unpaired) electrons. The van der Waals surface area contributed by atoms with Crippen LogP contribution in [0.5, 0.6) is 0 Å². The smallest absolute Gasteiger partial charge is 0.295 e. The number of halogens is 2. The minimum absolute atomic E-state index is 0.0798. The van der Waals surface area contributed by atoms with Gasteiger partial charge < -0.3 is 10.0 Å². The van der Waals surface area contributed by atoms with Crippen LogP contribution in [0.1, 0.15) is 22.0 Å². The van der Waals surface area contributed by atoms with Gasteiger partial charge in [0.2, 0.25) is 0 Å². The van der Waals surface area contributed by atoms with Crippen molar-refractivity contribution in [2.75, 3.05) is 0 Å². The van der Waals surface area contributed by atoms with E-state index in [4.69, 9.17) is 11.6 Å². The Bertz CT molecular complexity index is 1090. The van der Waals surface area contributed by atoms with Gasteiger partial charge in [-0.2, -0.15) is 0 Å². The Balaban J connectivity index is 1.86. The van der Waals surface area contributed by atoms with Crippen molar-refractivity contribution in [2.45, 2.75) is 12.6 Å². The molecule has 1 aliphatic heterocycles. The minimum atomic E-state index is -0.696. The highest BCUT2D eigenvalue weighted by atomic mass is 79.9. The average Bonchev–Trinajstić information content (AvgIpc) is 3.31. The molecule has 146 valence electrons. The Morgan fingerprint density at radius 1 is 1.07 bits per heavy atom. The molecule has 4 rings (SSSR count). The predicted molar refractivity (Wildman–Crippen MR) is 118 cm³/mol. The molecule has 3 aromatic rings. The van der Waals surface area contributed by atoms with Gasteiger partial charge in [0.1, 0.15) is 5.76 Å². The second-order valence-electron chi connectivity index (χ2n) is 6.56. The van der Waals surface area contributed by atoms with Crippen LogP contribution < -0.4 is 0 Å². The summed E-state index contributed by atoms with van der Waals surface area (Å²) in [5.41, 5.74) is 1.27. The molecule has 1 amide bonds. The van der Waals surface area contributed by atoms with Crippen LogP contribution in [0.25, 0.3) is 5.76 Å². The van der Waals surface area contributed by atoms with Gasteiger partial charge in [0.05, 0.1) is 18.2 Å². The Morgan fingerprint density at radius 2 is 1.76 bits per heavy atom. The van der Waals surface area contributed by atoms with Crippen molar-refractivity contribution in [2.24, 2.45) is 0 Å². The monoisotopic (exact) mass is 487 g/mol. The summed E-state index contributed by atoms with van der Waals surface area (Å²) < 4.78 is 0.849. The first-order valence-electron chi connectivity index (χ1n) is 8.78. The minimum Gasteiger partial charge on any atom is -0.507 e. The summed E-state index contributed by atoms with van der Waals surface area (Å²) in [7, 11) is 0. The average molecular weight is 489 g/mol. The molecule has 2 heterocycles. The highest BCUT2D eigenvalue weighted by Gasteiger charge is 2.46. The number of amides is 1. The van der Waals surface area contributed by atoms with Gasteiger partial charge in [-0.05, 0) is 41.3 Å². The molecule has 0 aliphatic carbocycles. The molecule has 29 heavy (non-hydrogen) atoms. The van der Waals surface area contributed by atoms with Gasteiger partial charge in [-0.3, -0.25) is 9.59 Å². The maximum absolute atomic E-state index is 12.9. The van der Waals surface area contributed by atoms with E-state index in [1.54, 1.807) is 48.5 Å². The van der Waals surface area contributed by atoms with E-state index in [1.807, 2.05) is 17.5 Å². The molecule has 0 bridgehead atoms. The van der Waals surface area contributed by atoms with Gasteiger partial charge >= 0.3 is 0 Å². The zero-order valence-corrected chi connectivity index (χ0v) is 18.2. The molecular formula is C22H15BrClNO3S. The summed E-state index contributed by atoms with van der Waals surface area (Å²) in [4.78, 5) is 28.3. The lowest BCUT2D eigenvalue weighted by atomic mass is 9.95. The number of carbonyl (C=O) groups is 2. The van der Waals surface area contributed by atoms with E-state index in [0.29, 0.717) is 16.1 Å². The number of Topliss-reactive ketones (excluding diaryl/α,β-unsaturated/α-hetero) is 1. The third-order valence-electron chi connectivity index (χ3n) is 4.75. The standard InChI is InChI=1S/C22H15BrClNO3S/c23-15-7-3-14(4-8-15)20(26)18-19(13-5-9-16(24)10-6-13)25(22(28)21(18)27)12-17-2-1-11-29-17/h1-11,19,26H,12H2/b20-18-. The topological polar surface area (TPSA) is 57.6 Å². The second-order valence-corrected chi connectivity index (χ2v) is 8.95. The van der Waals surface area contributed by atoms with Crippen LogP contribution >= 0.6 is 38.9 Å². The Hall–Kier alpha value is -2.41. The molecule has 1 aromatic heterocycles. The summed E-state index contributed by atoms with van der Waals surface area (Å²) in [6, 6.07) is 17.0. The molecule has 0 spiro atoms. The molecule has 1 N–H and O–H groups in total. The Kier molecular flexibility index (Phi) is 5.58. The summed E-state index contributed by atoms with van der Waals surface area (Å²) in [5, 5.41) is 13.4. The lowest BCUT2D eigenvalue weighted by molar-refractivity contribution is -0.140. The fourth-order valence-electron chi connectivity index (χ4n) is 3.37. The molecule has 4 nitrogen and oxygen atoms in total. The highest BCUT2D eigenvalue weighted by molar-refractivity contribution is 9.10. The molecule has 1 unspecified atom stereocenters. The number of nitrogens with zero attached hydrogens (tertiary/aromatic N) is 1. The van der Waals surface area contributed by atoms with Crippen molar-refractivity contribution in [3.8, 4) is 0 Å². The van der Waals surface area contributed by atoms with Crippen LogP contribution in [-0.4, -0.2) is 21.7 Å². The van der Waals surface area contributed by atoms with Crippen LogP contribution in [0.3, 0.4) is 0 Å². The van der Waals surface area contributed by atoms with Gasteiger partial charge in [0.15, 0.2) is 0 Å². The number of thiophene rings is 1. The van der Waals surface area contributed by atoms with Gasteiger partial charge in [0.25, 0.3) is 11.7 Å². The normalized spacial score (nSPS) is 18.4. The highest BCUT2D eigenvalue weighted by Crippen LogP contribution is 2.40. The molecule has 2 aromatic carbocycles. The van der Waals surface area contributed by atoms with Crippen molar-refractivity contribution >= 4 is 56.3 Å². The molecule has 0 saturated carbocycles. The molecule has 1 saturated heterocycles. The molecular weight excluding hydrogens is 474 g/mol. The Labute approximate surface area is 185 Å². The number of aliphatic hydroxyl groups excluding tert-OH is 1. The first kappa shape index (κ1) is 19.9. The van der Waals surface area contributed by atoms with E-state index in [9.17, 15) is 14.7 Å². The van der Waals surface area contributed by atoms with Gasteiger partial charge in [-0.15, -0.1) is 11.3 Å². The van der Waals surface area contributed by atoms with Crippen molar-refractivity contribution in [1.29, 1.82) is 0 Å². The fraction of sp³-hybridized carbons (Fsp3) is 0.0909. The third-order valence-corrected chi connectivity index (χ3v) is 6.39. The number of rotatable bonds is 4. The number of benzene rings is 2. The summed E-state index contributed by atoms with van der Waals surface area (Å²) in [6.45, 7) is 0.284. The Morgan fingerprint density at radius 3 is 2.38 bits per heavy atom. The fourth-order valence-corrected chi connectivity index (χ4v) is 4.46. The zero-order valence-electron chi connectivity index (χ0n) is 15.0. The van der Waals surface area contributed by atoms with Gasteiger partial charge in [0, 0.05) is 19.9 Å². The van der Waals surface area contributed by atoms with Crippen molar-refractivity contribution in [3.63, 3.8) is 0 Å². The van der Waals surface area contributed by atoms with E-state index in [1.165, 1.54) is 16.2 Å². The summed E-state index contributed by atoms with van der Waals surface area (Å²) in [6.07, 6.45) is 0. The van der Waals surface area contributed by atoms with Crippen molar-refractivity contribution < 1.29 is 14.7 Å². The van der Waals surface area contributed by atoms with Crippen LogP contribution in [0.2, 0.25) is 5.02 Å². The number of likely N-dealkylation sites (tertiary alicyclic amines) is 1. The lowest BCUT2D eigenvalue weighted by Gasteiger charge is -2.25. The number of hydrogen-bond acceptors (Lipinski definition) is 4. The van der Waals surface area contributed by atoms with Crippen molar-refractivity contribution in [3.05, 3.63) is 97.1 Å². The predicted octanol–water partition coefficient (Wildman–Crippen LogP) is 5.79. The van der Waals surface area contributed by atoms with E-state index < -0.39 is 17.7 Å². The van der Waals surface area contributed by atoms with E-state index >= 15 is 0 Å². The zero-order chi connectivity index (χ0) is 20.5. The maximum atomic E-state index is 12.9. The van der Waals surface area contributed by atoms with E-state index in [-0.39, 0.29) is 17.9 Å². The summed E-state index contributed by atoms with van der Waals surface area (Å²) in [5.74, 6) is -1.51. The third kappa shape index (κ3) is 3.88. The van der Waals surface area contributed by atoms with Gasteiger partial charge in [-0.25, -0.2) is 0 Å². The molecule has 7 heteroatoms. The van der Waals surface area contributed by atoms with E-state index in [0.717, 1.165) is 9.35 Å². The number of carbonyl (C=O) groups excluding carboxylic acids is 2. The first-order valence-corrected chi connectivity index (χ1v) is 10.8. The number of aliphatic hydroxyl groups is 1. The first-order chi connectivity index (χ1) is 14.0. The van der Waals surface area contributed by atoms with Gasteiger partial charge in [-0.1, -0.05) is 57.9 Å². The van der Waals surface area contributed by atoms with Crippen LogP contribution in [0.4, 0.5) is 0 Å². The molecule has 1 atom stereocenters. The number of hydrogen-bond donors (Lipinski definition) is 1. The van der Waals surface area contributed by atoms with E-state index in [2.05, 4.69) is 15.9 Å². The molecule has 1 aliphatic rings. The number of ketones is 1. The van der Waals surface area contributed by atoms with Crippen LogP contribution in [0.15, 0.2) is 76.1 Å². The van der Waals surface area contributed by atoms with Crippen molar-refractivity contribution in [1.82, 2.24) is 4.90 Å². The SMILES string of the molecule is O=C1C(=O)N(Cc2cccs2)C(c2ccc(Cl)cc2)/C1=C(/O)c1ccc(Br)cc1. The largest absolute Gasteiger partial charge is 0.507 e. The maximum Gasteiger partial charge on any atom is 0.295 e. The second kappa shape index (κ2) is 8.14.